The molecule has 0 aromatic carbocycles. The van der Waals surface area contributed by atoms with Crippen LogP contribution < -0.4 is 11.1 Å². The smallest absolute Gasteiger partial charge is 0.123 e. The number of ether oxygens (including phenoxy) is 1. The lowest BCUT2D eigenvalue weighted by Crippen LogP contribution is -2.54. The van der Waals surface area contributed by atoms with E-state index in [2.05, 4.69) is 23.3 Å². The van der Waals surface area contributed by atoms with Crippen molar-refractivity contribution in [2.45, 2.75) is 63.5 Å². The minimum absolute atomic E-state index is 0.0363. The highest BCUT2D eigenvalue weighted by Gasteiger charge is 2.39. The van der Waals surface area contributed by atoms with E-state index in [0.29, 0.717) is 11.9 Å². The second-order valence-corrected chi connectivity index (χ2v) is 6.13. The third-order valence-electron chi connectivity index (χ3n) is 4.67. The molecule has 0 radical (unpaired) electrons. The first-order valence-corrected chi connectivity index (χ1v) is 8.19. The number of hydrogen-bond acceptors (Lipinski definition) is 4. The lowest BCUT2D eigenvalue weighted by molar-refractivity contribution is -0.0672. The van der Waals surface area contributed by atoms with Crippen molar-refractivity contribution >= 4 is 5.82 Å². The van der Waals surface area contributed by atoms with Crippen LogP contribution in [-0.4, -0.2) is 30.3 Å². The Balaban J connectivity index is 2.16. The molecular formula is C17H29N3O. The van der Waals surface area contributed by atoms with Gasteiger partial charge in [-0.1, -0.05) is 26.2 Å². The van der Waals surface area contributed by atoms with E-state index in [1.807, 2.05) is 13.2 Å². The molecule has 1 unspecified atom stereocenters. The number of rotatable bonds is 7. The lowest BCUT2D eigenvalue weighted by Gasteiger charge is -2.43. The molecule has 1 heterocycles. The second kappa shape index (κ2) is 7.76. The molecule has 1 fully saturated rings. The second-order valence-electron chi connectivity index (χ2n) is 6.13. The van der Waals surface area contributed by atoms with Crippen LogP contribution in [0, 0.1) is 0 Å². The third-order valence-corrected chi connectivity index (χ3v) is 4.67. The van der Waals surface area contributed by atoms with Crippen molar-refractivity contribution in [2.24, 2.45) is 0 Å². The zero-order chi connectivity index (χ0) is 15.1. The number of nitrogens with one attached hydrogen (secondary N) is 1. The van der Waals surface area contributed by atoms with Gasteiger partial charge in [0.15, 0.2) is 0 Å². The summed E-state index contributed by atoms with van der Waals surface area (Å²) in [6, 6.07) is 4.38. The highest BCUT2D eigenvalue weighted by Crippen LogP contribution is 2.35. The topological polar surface area (TPSA) is 60.2 Å². The zero-order valence-electron chi connectivity index (χ0n) is 13.4. The number of nitrogen functional groups attached to an aromatic ring is 1. The molecular weight excluding hydrogens is 262 g/mol. The van der Waals surface area contributed by atoms with Crippen LogP contribution in [0.15, 0.2) is 18.3 Å². The number of nitrogens with zero attached hydrogens (tertiary/aromatic N) is 1. The molecule has 21 heavy (non-hydrogen) atoms. The van der Waals surface area contributed by atoms with Crippen molar-refractivity contribution in [3.63, 3.8) is 0 Å². The first-order chi connectivity index (χ1) is 10.2. The summed E-state index contributed by atoms with van der Waals surface area (Å²) in [7, 11) is 1.87. The van der Waals surface area contributed by atoms with Gasteiger partial charge in [0.2, 0.25) is 0 Å². The van der Waals surface area contributed by atoms with Crippen molar-refractivity contribution in [3.8, 4) is 0 Å². The van der Waals surface area contributed by atoms with Crippen molar-refractivity contribution in [2.75, 3.05) is 19.4 Å². The van der Waals surface area contributed by atoms with Gasteiger partial charge in [0.1, 0.15) is 5.82 Å². The molecule has 0 spiro atoms. The highest BCUT2D eigenvalue weighted by molar-refractivity contribution is 5.32. The van der Waals surface area contributed by atoms with Gasteiger partial charge in [-0.05, 0) is 49.9 Å². The Morgan fingerprint density at radius 1 is 1.38 bits per heavy atom. The summed E-state index contributed by atoms with van der Waals surface area (Å²) >= 11 is 0. The van der Waals surface area contributed by atoms with E-state index in [9.17, 15) is 0 Å². The normalized spacial score (nSPS) is 19.3. The SMILES string of the molecule is CCCNC(Cc1ccnc(N)c1)C1(OC)CCCCC1. The average Bonchev–Trinajstić information content (AvgIpc) is 2.52. The molecule has 1 saturated carbocycles. The van der Waals surface area contributed by atoms with Gasteiger partial charge in [-0.3, -0.25) is 0 Å². The monoisotopic (exact) mass is 291 g/mol. The van der Waals surface area contributed by atoms with Crippen LogP contribution in [0.25, 0.3) is 0 Å². The molecule has 118 valence electrons. The first-order valence-electron chi connectivity index (χ1n) is 8.19. The molecule has 0 bridgehead atoms. The summed E-state index contributed by atoms with van der Waals surface area (Å²) in [5, 5.41) is 3.71. The molecule has 2 rings (SSSR count). The summed E-state index contributed by atoms with van der Waals surface area (Å²) in [5.74, 6) is 0.594. The molecule has 0 aliphatic heterocycles. The lowest BCUT2D eigenvalue weighted by atomic mass is 9.77. The van der Waals surface area contributed by atoms with Gasteiger partial charge >= 0.3 is 0 Å². The minimum atomic E-state index is -0.0363. The predicted octanol–water partition coefficient (Wildman–Crippen LogP) is 2.92. The van der Waals surface area contributed by atoms with Gasteiger partial charge in [0, 0.05) is 19.3 Å². The molecule has 1 aromatic rings. The van der Waals surface area contributed by atoms with E-state index in [4.69, 9.17) is 10.5 Å². The Hall–Kier alpha value is -1.13. The van der Waals surface area contributed by atoms with Crippen LogP contribution in [0.5, 0.6) is 0 Å². The fourth-order valence-electron chi connectivity index (χ4n) is 3.46. The molecule has 4 nitrogen and oxygen atoms in total. The van der Waals surface area contributed by atoms with Crippen LogP contribution in [0.4, 0.5) is 5.82 Å². The standard InChI is InChI=1S/C17H29N3O/c1-3-10-19-15(12-14-7-11-20-16(18)13-14)17(21-2)8-5-4-6-9-17/h7,11,13,15,19H,3-6,8-10,12H2,1-2H3,(H2,18,20). The first kappa shape index (κ1) is 16.2. The van der Waals surface area contributed by atoms with E-state index in [-0.39, 0.29) is 5.60 Å². The molecule has 1 atom stereocenters. The van der Waals surface area contributed by atoms with Crippen molar-refractivity contribution in [1.29, 1.82) is 0 Å². The Morgan fingerprint density at radius 3 is 2.76 bits per heavy atom. The van der Waals surface area contributed by atoms with E-state index in [1.54, 1.807) is 6.20 Å². The Kier molecular flexibility index (Phi) is 6.00. The van der Waals surface area contributed by atoms with E-state index in [0.717, 1.165) is 32.2 Å². The Bertz CT molecular complexity index is 430. The van der Waals surface area contributed by atoms with Gasteiger partial charge < -0.3 is 15.8 Å². The van der Waals surface area contributed by atoms with Gasteiger partial charge in [-0.25, -0.2) is 4.98 Å². The molecule has 1 aromatic heterocycles. The largest absolute Gasteiger partial charge is 0.384 e. The molecule has 0 amide bonds. The van der Waals surface area contributed by atoms with Crippen LogP contribution in [0.3, 0.4) is 0 Å². The average molecular weight is 291 g/mol. The molecule has 0 saturated heterocycles. The Labute approximate surface area is 128 Å². The highest BCUT2D eigenvalue weighted by atomic mass is 16.5. The van der Waals surface area contributed by atoms with Gasteiger partial charge in [0.25, 0.3) is 0 Å². The number of pyridine rings is 1. The van der Waals surface area contributed by atoms with Gasteiger partial charge in [-0.15, -0.1) is 0 Å². The molecule has 3 N–H and O–H groups in total. The van der Waals surface area contributed by atoms with Crippen LogP contribution >= 0.6 is 0 Å². The maximum atomic E-state index is 6.03. The summed E-state index contributed by atoms with van der Waals surface area (Å²) < 4.78 is 6.03. The Morgan fingerprint density at radius 2 is 2.14 bits per heavy atom. The summed E-state index contributed by atoms with van der Waals surface area (Å²) in [4.78, 5) is 4.09. The zero-order valence-corrected chi connectivity index (χ0v) is 13.4. The minimum Gasteiger partial charge on any atom is -0.384 e. The van der Waals surface area contributed by atoms with Crippen molar-refractivity contribution in [3.05, 3.63) is 23.9 Å². The van der Waals surface area contributed by atoms with Crippen molar-refractivity contribution < 1.29 is 4.74 Å². The van der Waals surface area contributed by atoms with Gasteiger partial charge in [0.05, 0.1) is 5.60 Å². The molecule has 4 heteroatoms. The van der Waals surface area contributed by atoms with Crippen LogP contribution in [-0.2, 0) is 11.2 Å². The van der Waals surface area contributed by atoms with Crippen molar-refractivity contribution in [1.82, 2.24) is 10.3 Å². The predicted molar refractivity (Wildman–Crippen MR) is 87.3 cm³/mol. The third kappa shape index (κ3) is 4.17. The van der Waals surface area contributed by atoms with E-state index in [1.165, 1.54) is 24.8 Å². The van der Waals surface area contributed by atoms with E-state index < -0.39 is 0 Å². The molecule has 1 aliphatic carbocycles. The number of anilines is 1. The number of nitrogens with two attached hydrogens (primary N) is 1. The summed E-state index contributed by atoms with van der Waals surface area (Å²) in [6.07, 6.45) is 10.0. The van der Waals surface area contributed by atoms with Crippen LogP contribution in [0.2, 0.25) is 0 Å². The number of hydrogen-bond donors (Lipinski definition) is 2. The quantitative estimate of drug-likeness (QED) is 0.811. The number of methoxy groups -OCH3 is 1. The summed E-state index contributed by atoms with van der Waals surface area (Å²) in [5.41, 5.74) is 7.01. The number of aromatic nitrogens is 1. The van der Waals surface area contributed by atoms with Gasteiger partial charge in [-0.2, -0.15) is 0 Å². The maximum absolute atomic E-state index is 6.03. The van der Waals surface area contributed by atoms with Crippen LogP contribution in [0.1, 0.15) is 51.0 Å². The fourth-order valence-corrected chi connectivity index (χ4v) is 3.46. The summed E-state index contributed by atoms with van der Waals surface area (Å²) in [6.45, 7) is 3.23. The van der Waals surface area contributed by atoms with E-state index >= 15 is 0 Å². The molecule has 1 aliphatic rings. The fraction of sp³-hybridized carbons (Fsp3) is 0.706. The maximum Gasteiger partial charge on any atom is 0.123 e.